The topological polar surface area (TPSA) is 169 Å². The Labute approximate surface area is 276 Å². The predicted molar refractivity (Wildman–Crippen MR) is 179 cm³/mol. The Morgan fingerprint density at radius 1 is 1.00 bits per heavy atom. The molecule has 1 aromatic carbocycles. The van der Waals surface area contributed by atoms with Crippen LogP contribution in [0.15, 0.2) is 54.9 Å². The number of aryl methyl sites for hydroxylation is 2. The summed E-state index contributed by atoms with van der Waals surface area (Å²) in [7, 11) is 0. The highest BCUT2D eigenvalue weighted by molar-refractivity contribution is 5.75. The van der Waals surface area contributed by atoms with E-state index in [1.807, 2.05) is 18.5 Å². The molecule has 11 heteroatoms. The summed E-state index contributed by atoms with van der Waals surface area (Å²) in [5.41, 5.74) is 6.59. The van der Waals surface area contributed by atoms with Crippen LogP contribution in [0.2, 0.25) is 0 Å². The van der Waals surface area contributed by atoms with Gasteiger partial charge in [0.15, 0.2) is 0 Å². The van der Waals surface area contributed by atoms with Gasteiger partial charge >= 0.3 is 6.03 Å². The average Bonchev–Trinajstić information content (AvgIpc) is 4.03. The van der Waals surface area contributed by atoms with E-state index >= 15 is 0 Å². The first-order valence-electron chi connectivity index (χ1n) is 16.9. The highest BCUT2D eigenvalue weighted by atomic mass is 16.5. The lowest BCUT2D eigenvalue weighted by atomic mass is 9.94. The Morgan fingerprint density at radius 3 is 2.57 bits per heavy atom. The average molecular weight is 648 g/mol. The lowest BCUT2D eigenvalue weighted by Crippen LogP contribution is -2.47. The minimum absolute atomic E-state index is 0.0546. The van der Waals surface area contributed by atoms with Gasteiger partial charge in [-0.25, -0.2) is 4.79 Å². The largest absolute Gasteiger partial charge is 0.490 e. The van der Waals surface area contributed by atoms with Gasteiger partial charge in [-0.2, -0.15) is 0 Å². The molecule has 2 amide bonds. The first-order valence-corrected chi connectivity index (χ1v) is 16.9. The van der Waals surface area contributed by atoms with E-state index in [2.05, 4.69) is 64.3 Å². The minimum atomic E-state index is -1.45. The Balaban J connectivity index is 1.07. The number of amides is 2. The number of rotatable bonds is 19. The second-order valence-corrected chi connectivity index (χ2v) is 12.8. The summed E-state index contributed by atoms with van der Waals surface area (Å²) < 4.78 is 6.26. The predicted octanol–water partition coefficient (Wildman–Crippen LogP) is 3.25. The molecule has 3 aromatic rings. The summed E-state index contributed by atoms with van der Waals surface area (Å²) in [5.74, 6) is 0.936. The molecule has 0 bridgehead atoms. The molecule has 47 heavy (non-hydrogen) atoms. The van der Waals surface area contributed by atoms with Crippen LogP contribution in [0.5, 0.6) is 5.75 Å². The number of hydrogen-bond donors (Lipinski definition) is 7. The Morgan fingerprint density at radius 2 is 1.81 bits per heavy atom. The smallest absolute Gasteiger partial charge is 0.314 e. The van der Waals surface area contributed by atoms with Crippen molar-refractivity contribution < 1.29 is 30.0 Å². The maximum Gasteiger partial charge on any atom is 0.314 e. The lowest BCUT2D eigenvalue weighted by Gasteiger charge is -2.22. The number of nitrogens with zero attached hydrogens (tertiary/aromatic N) is 2. The van der Waals surface area contributed by atoms with Gasteiger partial charge in [0.25, 0.3) is 0 Å². The van der Waals surface area contributed by atoms with Gasteiger partial charge in [0.2, 0.25) is 0 Å². The van der Waals surface area contributed by atoms with Crippen LogP contribution in [0, 0.1) is 6.92 Å². The summed E-state index contributed by atoms with van der Waals surface area (Å²) in [6.45, 7) is 2.73. The maximum atomic E-state index is 12.0. The summed E-state index contributed by atoms with van der Waals surface area (Å²) in [6, 6.07) is 14.2. The maximum absolute atomic E-state index is 12.0. The van der Waals surface area contributed by atoms with E-state index in [0.717, 1.165) is 85.2 Å². The number of unbranched alkanes of at least 4 members (excludes halogenated alkanes) is 2. The Bertz CT molecular complexity index is 1460. The van der Waals surface area contributed by atoms with Crippen LogP contribution in [0.3, 0.4) is 0 Å². The van der Waals surface area contributed by atoms with Gasteiger partial charge in [0.1, 0.15) is 11.9 Å². The van der Waals surface area contributed by atoms with E-state index in [1.165, 1.54) is 5.56 Å². The van der Waals surface area contributed by atoms with E-state index in [1.54, 1.807) is 0 Å². The first-order chi connectivity index (χ1) is 22.8. The second kappa shape index (κ2) is 16.5. The molecule has 0 aliphatic heterocycles. The zero-order valence-electron chi connectivity index (χ0n) is 27.2. The molecule has 2 aliphatic rings. The number of pyridine rings is 2. The van der Waals surface area contributed by atoms with Gasteiger partial charge in [-0.3, -0.25) is 9.97 Å². The molecule has 254 valence electrons. The highest BCUT2D eigenvalue weighted by Gasteiger charge is 2.46. The van der Waals surface area contributed by atoms with E-state index in [4.69, 9.17) is 14.8 Å². The standard InChI is InChI=1S/C36H49N5O6/c1-24-10-11-25(7-3-2-6-18-38-35(46)39-23-32(44)34(45)31(43)15-20-42)41-30(24)22-40-36(16-17-36)29-21-37-19-14-27(29)28-8-4-5-9-33(28)47-26-12-13-26/h4-5,8-11,14,19,21,26,31-32,34,40,42-45H,2-3,6-7,12-13,15-18,20,22-23H2,1H3,(H2,38,39,46)/t31-,32+,34+/m1/s1. The lowest BCUT2D eigenvalue weighted by molar-refractivity contribution is -0.0634. The van der Waals surface area contributed by atoms with Gasteiger partial charge in [0, 0.05) is 55.4 Å². The van der Waals surface area contributed by atoms with E-state index in [-0.39, 0.29) is 25.1 Å². The van der Waals surface area contributed by atoms with E-state index in [0.29, 0.717) is 19.2 Å². The molecular weight excluding hydrogens is 598 g/mol. The Kier molecular flexibility index (Phi) is 12.2. The van der Waals surface area contributed by atoms with Crippen LogP contribution in [-0.4, -0.2) is 80.5 Å². The van der Waals surface area contributed by atoms with Crippen LogP contribution in [0.25, 0.3) is 11.1 Å². The summed E-state index contributed by atoms with van der Waals surface area (Å²) >= 11 is 0. The zero-order chi connectivity index (χ0) is 33.2. The molecular formula is C36H49N5O6. The number of carbonyl (C=O) groups excluding carboxylic acids is 1. The number of para-hydroxylation sites is 1. The minimum Gasteiger partial charge on any atom is -0.490 e. The number of hydrogen-bond acceptors (Lipinski definition) is 9. The van der Waals surface area contributed by atoms with Gasteiger partial charge in [0.05, 0.1) is 24.0 Å². The number of benzene rings is 1. The van der Waals surface area contributed by atoms with Crippen LogP contribution < -0.4 is 20.7 Å². The van der Waals surface area contributed by atoms with Gasteiger partial charge in [-0.1, -0.05) is 30.7 Å². The van der Waals surface area contributed by atoms with Crippen LogP contribution in [-0.2, 0) is 18.5 Å². The molecule has 0 saturated heterocycles. The fourth-order valence-corrected chi connectivity index (χ4v) is 5.77. The monoisotopic (exact) mass is 647 g/mol. The molecule has 2 aliphatic carbocycles. The molecule has 3 atom stereocenters. The second-order valence-electron chi connectivity index (χ2n) is 12.8. The third-order valence-corrected chi connectivity index (χ3v) is 9.02. The quantitative estimate of drug-likeness (QED) is 0.0966. The summed E-state index contributed by atoms with van der Waals surface area (Å²) in [4.78, 5) is 21.5. The van der Waals surface area contributed by atoms with Crippen LogP contribution in [0.1, 0.15) is 73.9 Å². The van der Waals surface area contributed by atoms with Crippen molar-refractivity contribution in [1.29, 1.82) is 0 Å². The molecule has 2 heterocycles. The number of aliphatic hydroxyl groups excluding tert-OH is 4. The number of carbonyl (C=O) groups is 1. The SMILES string of the molecule is Cc1ccc(CCCCCNC(=O)NC[C@H](O)[C@@H](O)[C@H](O)CCO)nc1CNC1(c2cnccc2-c2ccccc2OC2CC2)CC1. The summed E-state index contributed by atoms with van der Waals surface area (Å²) in [6.07, 6.45) is 7.89. The van der Waals surface area contributed by atoms with Crippen molar-refractivity contribution >= 4 is 6.03 Å². The number of nitrogens with one attached hydrogen (secondary N) is 3. The third kappa shape index (κ3) is 9.71. The normalized spacial score (nSPS) is 17.0. The molecule has 2 fully saturated rings. The van der Waals surface area contributed by atoms with Crippen LogP contribution >= 0.6 is 0 Å². The van der Waals surface area contributed by atoms with Crippen molar-refractivity contribution in [1.82, 2.24) is 25.9 Å². The fourth-order valence-electron chi connectivity index (χ4n) is 5.77. The van der Waals surface area contributed by atoms with Crippen molar-refractivity contribution in [2.45, 2.75) is 101 Å². The van der Waals surface area contributed by atoms with Crippen molar-refractivity contribution in [3.05, 3.63) is 77.4 Å². The van der Waals surface area contributed by atoms with E-state index in [9.17, 15) is 20.1 Å². The summed E-state index contributed by atoms with van der Waals surface area (Å²) in [5, 5.41) is 47.3. The first kappa shape index (κ1) is 34.7. The molecule has 0 spiro atoms. The number of aliphatic hydroxyl groups is 4. The molecule has 2 saturated carbocycles. The highest BCUT2D eigenvalue weighted by Crippen LogP contribution is 2.50. The van der Waals surface area contributed by atoms with Crippen molar-refractivity contribution in [2.75, 3.05) is 19.7 Å². The van der Waals surface area contributed by atoms with Crippen LogP contribution in [0.4, 0.5) is 4.79 Å². The zero-order valence-corrected chi connectivity index (χ0v) is 27.2. The number of urea groups is 1. The van der Waals surface area contributed by atoms with Gasteiger partial charge in [-0.15, -0.1) is 0 Å². The molecule has 7 N–H and O–H groups in total. The van der Waals surface area contributed by atoms with Gasteiger partial charge < -0.3 is 41.1 Å². The molecule has 2 aromatic heterocycles. The number of aromatic nitrogens is 2. The number of ether oxygens (including phenoxy) is 1. The third-order valence-electron chi connectivity index (χ3n) is 9.02. The van der Waals surface area contributed by atoms with Gasteiger partial charge in [-0.05, 0) is 93.2 Å². The van der Waals surface area contributed by atoms with Crippen molar-refractivity contribution in [2.24, 2.45) is 0 Å². The molecule has 5 rings (SSSR count). The Hall–Kier alpha value is -3.61. The fraction of sp³-hybridized carbons (Fsp3) is 0.528. The molecule has 0 radical (unpaired) electrons. The van der Waals surface area contributed by atoms with Crippen molar-refractivity contribution in [3.63, 3.8) is 0 Å². The van der Waals surface area contributed by atoms with Crippen molar-refractivity contribution in [3.8, 4) is 16.9 Å². The molecule has 11 nitrogen and oxygen atoms in total. The molecule has 0 unspecified atom stereocenters. The van der Waals surface area contributed by atoms with E-state index < -0.39 is 24.3 Å².